The van der Waals surface area contributed by atoms with Crippen molar-refractivity contribution in [3.63, 3.8) is 0 Å². The van der Waals surface area contributed by atoms with Crippen molar-refractivity contribution in [2.45, 2.75) is 51.0 Å². The summed E-state index contributed by atoms with van der Waals surface area (Å²) in [5, 5.41) is 13.7. The third kappa shape index (κ3) is 4.26. The van der Waals surface area contributed by atoms with Crippen LogP contribution in [0.5, 0.6) is 5.88 Å². The molecule has 1 saturated carbocycles. The zero-order valence-corrected chi connectivity index (χ0v) is 14.3. The van der Waals surface area contributed by atoms with Crippen molar-refractivity contribution in [3.8, 4) is 5.88 Å². The van der Waals surface area contributed by atoms with E-state index < -0.39 is 0 Å². The van der Waals surface area contributed by atoms with E-state index in [1.165, 1.54) is 13.5 Å². The first-order valence-corrected chi connectivity index (χ1v) is 8.64. The molecule has 8 heteroatoms. The molecule has 8 nitrogen and oxygen atoms in total. The quantitative estimate of drug-likeness (QED) is 0.833. The molecule has 2 amide bonds. The first-order valence-electron chi connectivity index (χ1n) is 8.64. The van der Waals surface area contributed by atoms with Gasteiger partial charge in [0, 0.05) is 18.9 Å². The topological polar surface area (TPSA) is 97.6 Å². The highest BCUT2D eigenvalue weighted by Crippen LogP contribution is 2.19. The predicted octanol–water partition coefficient (Wildman–Crippen LogP) is 1.91. The van der Waals surface area contributed by atoms with Gasteiger partial charge in [-0.3, -0.25) is 14.9 Å². The average Bonchev–Trinajstić information content (AvgIpc) is 3.04. The Balaban J connectivity index is 1.53. The number of fused-ring (bicyclic) bond motifs is 1. The molecule has 0 aromatic carbocycles. The van der Waals surface area contributed by atoms with Gasteiger partial charge in [0.15, 0.2) is 5.65 Å². The van der Waals surface area contributed by atoms with E-state index in [1.807, 2.05) is 0 Å². The van der Waals surface area contributed by atoms with Crippen molar-refractivity contribution in [3.05, 3.63) is 18.2 Å². The standard InChI is InChI=1S/C17H23N5O3/c1-25-16-9-5-8-13-20-21-17(22(13)16)19-15(24)11-10-14(23)18-12-6-3-2-4-7-12/h5,8-9,12H,2-4,6-7,10-11H2,1H3,(H,18,23)(H,19,21,24). The second-order valence-electron chi connectivity index (χ2n) is 6.24. The Morgan fingerprint density at radius 3 is 2.68 bits per heavy atom. The highest BCUT2D eigenvalue weighted by Gasteiger charge is 2.17. The van der Waals surface area contributed by atoms with Gasteiger partial charge >= 0.3 is 0 Å². The number of anilines is 1. The molecule has 1 aliphatic carbocycles. The minimum absolute atomic E-state index is 0.0780. The number of aromatic nitrogens is 3. The highest BCUT2D eigenvalue weighted by molar-refractivity contribution is 5.92. The molecule has 3 rings (SSSR count). The Morgan fingerprint density at radius 1 is 1.16 bits per heavy atom. The lowest BCUT2D eigenvalue weighted by atomic mass is 9.95. The second kappa shape index (κ2) is 7.96. The van der Waals surface area contributed by atoms with Crippen LogP contribution in [-0.2, 0) is 9.59 Å². The lowest BCUT2D eigenvalue weighted by Crippen LogP contribution is -2.36. The molecule has 0 spiro atoms. The molecule has 2 heterocycles. The largest absolute Gasteiger partial charge is 0.482 e. The summed E-state index contributed by atoms with van der Waals surface area (Å²) in [4.78, 5) is 24.1. The number of rotatable bonds is 6. The average molecular weight is 345 g/mol. The van der Waals surface area contributed by atoms with Crippen LogP contribution in [0.25, 0.3) is 5.65 Å². The molecule has 2 N–H and O–H groups in total. The number of amides is 2. The Hall–Kier alpha value is -2.64. The van der Waals surface area contributed by atoms with Crippen molar-refractivity contribution < 1.29 is 14.3 Å². The minimum Gasteiger partial charge on any atom is -0.482 e. The highest BCUT2D eigenvalue weighted by atomic mass is 16.5. The van der Waals surface area contributed by atoms with Gasteiger partial charge in [0.1, 0.15) is 0 Å². The molecular weight excluding hydrogens is 322 g/mol. The first kappa shape index (κ1) is 17.2. The van der Waals surface area contributed by atoms with Gasteiger partial charge in [-0.15, -0.1) is 10.2 Å². The van der Waals surface area contributed by atoms with E-state index in [2.05, 4.69) is 20.8 Å². The lowest BCUT2D eigenvalue weighted by molar-refractivity contribution is -0.125. The summed E-state index contributed by atoms with van der Waals surface area (Å²) in [5.41, 5.74) is 0.574. The summed E-state index contributed by atoms with van der Waals surface area (Å²) in [6.45, 7) is 0. The van der Waals surface area contributed by atoms with Crippen molar-refractivity contribution in [1.29, 1.82) is 0 Å². The first-order chi connectivity index (χ1) is 12.2. The molecule has 0 atom stereocenters. The van der Waals surface area contributed by atoms with Gasteiger partial charge in [0.05, 0.1) is 7.11 Å². The zero-order valence-electron chi connectivity index (χ0n) is 14.3. The number of carbonyl (C=O) groups excluding carboxylic acids is 2. The number of carbonyl (C=O) groups is 2. The van der Waals surface area contributed by atoms with Crippen LogP contribution >= 0.6 is 0 Å². The SMILES string of the molecule is COc1cccc2nnc(NC(=O)CCC(=O)NC3CCCCC3)n12. The summed E-state index contributed by atoms with van der Waals surface area (Å²) in [6.07, 6.45) is 5.89. The third-order valence-electron chi connectivity index (χ3n) is 4.40. The normalized spacial score (nSPS) is 15.1. The Kier molecular flexibility index (Phi) is 5.47. The van der Waals surface area contributed by atoms with Crippen LogP contribution in [0.2, 0.25) is 0 Å². The monoisotopic (exact) mass is 345 g/mol. The smallest absolute Gasteiger partial charge is 0.238 e. The maximum atomic E-state index is 12.1. The van der Waals surface area contributed by atoms with Gasteiger partial charge in [-0.05, 0) is 25.0 Å². The number of ether oxygens (including phenoxy) is 1. The fraction of sp³-hybridized carbons (Fsp3) is 0.529. The fourth-order valence-corrected chi connectivity index (χ4v) is 3.11. The van der Waals surface area contributed by atoms with Gasteiger partial charge in [0.2, 0.25) is 23.6 Å². The molecular formula is C17H23N5O3. The van der Waals surface area contributed by atoms with Crippen molar-refractivity contribution in [1.82, 2.24) is 19.9 Å². The van der Waals surface area contributed by atoms with Crippen molar-refractivity contribution >= 4 is 23.4 Å². The van der Waals surface area contributed by atoms with Crippen molar-refractivity contribution in [2.24, 2.45) is 0 Å². The number of pyridine rings is 1. The van der Waals surface area contributed by atoms with E-state index >= 15 is 0 Å². The molecule has 0 aliphatic heterocycles. The fourth-order valence-electron chi connectivity index (χ4n) is 3.11. The Labute approximate surface area is 146 Å². The molecule has 0 radical (unpaired) electrons. The van der Waals surface area contributed by atoms with E-state index in [9.17, 15) is 9.59 Å². The van der Waals surface area contributed by atoms with Crippen LogP contribution in [0.1, 0.15) is 44.9 Å². The molecule has 25 heavy (non-hydrogen) atoms. The van der Waals surface area contributed by atoms with Crippen LogP contribution < -0.4 is 15.4 Å². The number of nitrogens with one attached hydrogen (secondary N) is 2. The van der Waals surface area contributed by atoms with Gasteiger partial charge in [-0.2, -0.15) is 0 Å². The molecule has 0 bridgehead atoms. The third-order valence-corrected chi connectivity index (χ3v) is 4.40. The van der Waals surface area contributed by atoms with E-state index in [-0.39, 0.29) is 36.6 Å². The number of hydrogen-bond donors (Lipinski definition) is 2. The van der Waals surface area contributed by atoms with Gasteiger partial charge in [-0.25, -0.2) is 4.40 Å². The van der Waals surface area contributed by atoms with E-state index in [4.69, 9.17) is 4.74 Å². The summed E-state index contributed by atoms with van der Waals surface area (Å²) in [6, 6.07) is 5.57. The van der Waals surface area contributed by atoms with Crippen molar-refractivity contribution in [2.75, 3.05) is 12.4 Å². The molecule has 0 unspecified atom stereocenters. The van der Waals surface area contributed by atoms with Gasteiger partial charge in [-0.1, -0.05) is 25.3 Å². The number of hydrogen-bond acceptors (Lipinski definition) is 5. The minimum atomic E-state index is -0.279. The Morgan fingerprint density at radius 2 is 1.92 bits per heavy atom. The summed E-state index contributed by atoms with van der Waals surface area (Å²) < 4.78 is 6.87. The lowest BCUT2D eigenvalue weighted by Gasteiger charge is -2.22. The predicted molar refractivity (Wildman–Crippen MR) is 92.4 cm³/mol. The van der Waals surface area contributed by atoms with E-state index in [0.717, 1.165) is 25.7 Å². The maximum Gasteiger partial charge on any atom is 0.238 e. The summed E-state index contributed by atoms with van der Waals surface area (Å²) >= 11 is 0. The van der Waals surface area contributed by atoms with Gasteiger partial charge in [0.25, 0.3) is 0 Å². The van der Waals surface area contributed by atoms with E-state index in [1.54, 1.807) is 22.6 Å². The summed E-state index contributed by atoms with van der Waals surface area (Å²) in [7, 11) is 1.54. The molecule has 2 aromatic rings. The van der Waals surface area contributed by atoms with Crippen LogP contribution in [0, 0.1) is 0 Å². The van der Waals surface area contributed by atoms with Crippen LogP contribution in [0.4, 0.5) is 5.95 Å². The number of methoxy groups -OCH3 is 1. The van der Waals surface area contributed by atoms with Gasteiger partial charge < -0.3 is 10.1 Å². The number of nitrogens with zero attached hydrogens (tertiary/aromatic N) is 3. The second-order valence-corrected chi connectivity index (χ2v) is 6.24. The summed E-state index contributed by atoms with van der Waals surface area (Å²) in [5.74, 6) is 0.447. The molecule has 1 fully saturated rings. The van der Waals surface area contributed by atoms with Crippen LogP contribution in [0.3, 0.4) is 0 Å². The Bertz CT molecular complexity index is 752. The molecule has 0 saturated heterocycles. The van der Waals surface area contributed by atoms with Crippen LogP contribution in [0.15, 0.2) is 18.2 Å². The maximum absolute atomic E-state index is 12.1. The molecule has 134 valence electrons. The zero-order chi connectivity index (χ0) is 17.6. The molecule has 2 aromatic heterocycles. The van der Waals surface area contributed by atoms with E-state index in [0.29, 0.717) is 11.5 Å². The van der Waals surface area contributed by atoms with Crippen LogP contribution in [-0.4, -0.2) is 39.6 Å². The molecule has 1 aliphatic rings.